The van der Waals surface area contributed by atoms with Gasteiger partial charge in [-0.25, -0.2) is 0 Å². The van der Waals surface area contributed by atoms with E-state index in [4.69, 9.17) is 9.47 Å². The van der Waals surface area contributed by atoms with Crippen molar-refractivity contribution in [1.29, 1.82) is 0 Å². The van der Waals surface area contributed by atoms with E-state index in [1.54, 1.807) is 32.4 Å². The Kier molecular flexibility index (Phi) is 7.29. The van der Waals surface area contributed by atoms with Crippen LogP contribution in [0.15, 0.2) is 47.6 Å². The zero-order valence-corrected chi connectivity index (χ0v) is 18.4. The van der Waals surface area contributed by atoms with E-state index in [-0.39, 0.29) is 11.4 Å². The minimum atomic E-state index is -4.48. The molecule has 0 aliphatic rings. The fourth-order valence-electron chi connectivity index (χ4n) is 2.93. The van der Waals surface area contributed by atoms with Gasteiger partial charge in [0.2, 0.25) is 5.91 Å². The molecule has 1 heterocycles. The number of ether oxygens (including phenoxy) is 2. The maximum absolute atomic E-state index is 12.8. The van der Waals surface area contributed by atoms with Crippen LogP contribution < -0.4 is 14.8 Å². The van der Waals surface area contributed by atoms with E-state index in [1.807, 2.05) is 11.5 Å². The van der Waals surface area contributed by atoms with E-state index in [2.05, 4.69) is 15.5 Å². The van der Waals surface area contributed by atoms with E-state index in [1.165, 1.54) is 12.1 Å². The van der Waals surface area contributed by atoms with Crippen LogP contribution in [0.4, 0.5) is 18.9 Å². The van der Waals surface area contributed by atoms with Gasteiger partial charge in [0.15, 0.2) is 11.0 Å². The SMILES string of the molecule is CCn1c(SCC(=O)Nc2cccc(C(F)(F)F)c2)nnc1-c1cc(OC)cc(OC)c1. The number of nitrogens with zero attached hydrogens (tertiary/aromatic N) is 3. The summed E-state index contributed by atoms with van der Waals surface area (Å²) in [6.45, 7) is 2.45. The zero-order valence-electron chi connectivity index (χ0n) is 17.6. The van der Waals surface area contributed by atoms with Crippen LogP contribution in [0.25, 0.3) is 11.4 Å². The van der Waals surface area contributed by atoms with Crippen molar-refractivity contribution in [3.05, 3.63) is 48.0 Å². The quantitative estimate of drug-likeness (QED) is 0.484. The lowest BCUT2D eigenvalue weighted by Crippen LogP contribution is -2.15. The van der Waals surface area contributed by atoms with Crippen LogP contribution >= 0.6 is 11.8 Å². The molecular formula is C21H21F3N4O3S. The van der Waals surface area contributed by atoms with Crippen molar-refractivity contribution in [3.63, 3.8) is 0 Å². The van der Waals surface area contributed by atoms with Gasteiger partial charge in [-0.2, -0.15) is 13.2 Å². The van der Waals surface area contributed by atoms with E-state index in [9.17, 15) is 18.0 Å². The number of aromatic nitrogens is 3. The Morgan fingerprint density at radius 3 is 2.38 bits per heavy atom. The molecule has 1 amide bonds. The van der Waals surface area contributed by atoms with Crippen molar-refractivity contribution >= 4 is 23.4 Å². The summed E-state index contributed by atoms with van der Waals surface area (Å²) in [6, 6.07) is 9.83. The number of halogens is 3. The van der Waals surface area contributed by atoms with Gasteiger partial charge in [-0.1, -0.05) is 17.8 Å². The highest BCUT2D eigenvalue weighted by molar-refractivity contribution is 7.99. The third kappa shape index (κ3) is 5.52. The second-order valence-electron chi connectivity index (χ2n) is 6.57. The summed E-state index contributed by atoms with van der Waals surface area (Å²) in [4.78, 5) is 12.3. The van der Waals surface area contributed by atoms with Crippen LogP contribution in [0, 0.1) is 0 Å². The summed E-state index contributed by atoms with van der Waals surface area (Å²) in [5, 5.41) is 11.4. The summed E-state index contributed by atoms with van der Waals surface area (Å²) in [5.74, 6) is 1.27. The Bertz CT molecular complexity index is 1080. The Balaban J connectivity index is 1.73. The first-order valence-electron chi connectivity index (χ1n) is 9.51. The van der Waals surface area contributed by atoms with Crippen molar-refractivity contribution in [2.24, 2.45) is 0 Å². The summed E-state index contributed by atoms with van der Waals surface area (Å²) in [7, 11) is 3.10. The molecule has 3 aromatic rings. The van der Waals surface area contributed by atoms with E-state index < -0.39 is 17.6 Å². The summed E-state index contributed by atoms with van der Waals surface area (Å²) < 4.78 is 51.0. The summed E-state index contributed by atoms with van der Waals surface area (Å²) >= 11 is 1.14. The first-order valence-corrected chi connectivity index (χ1v) is 10.5. The molecular weight excluding hydrogens is 445 g/mol. The molecule has 0 spiro atoms. The van der Waals surface area contributed by atoms with E-state index in [0.717, 1.165) is 29.5 Å². The fraction of sp³-hybridized carbons (Fsp3) is 0.286. The maximum atomic E-state index is 12.8. The van der Waals surface area contributed by atoms with Gasteiger partial charge < -0.3 is 19.4 Å². The van der Waals surface area contributed by atoms with Gasteiger partial charge in [-0.05, 0) is 37.3 Å². The number of rotatable bonds is 8. The highest BCUT2D eigenvalue weighted by Gasteiger charge is 2.30. The number of carbonyl (C=O) groups excluding carboxylic acids is 1. The Morgan fingerprint density at radius 1 is 1.09 bits per heavy atom. The van der Waals surface area contributed by atoms with E-state index in [0.29, 0.717) is 29.0 Å². The van der Waals surface area contributed by atoms with E-state index >= 15 is 0 Å². The molecule has 0 saturated heterocycles. The number of anilines is 1. The molecule has 0 atom stereocenters. The first kappa shape index (κ1) is 23.5. The van der Waals surface area contributed by atoms with Crippen molar-refractivity contribution in [2.45, 2.75) is 24.8 Å². The third-order valence-electron chi connectivity index (χ3n) is 4.45. The molecule has 0 bridgehead atoms. The number of benzene rings is 2. The molecule has 32 heavy (non-hydrogen) atoms. The van der Waals surface area contributed by atoms with Gasteiger partial charge in [0.1, 0.15) is 11.5 Å². The standard InChI is InChI=1S/C21H21F3N4O3S/c1-4-28-19(13-8-16(30-2)11-17(9-13)31-3)26-27-20(28)32-12-18(29)25-15-7-5-6-14(10-15)21(22,23)24/h5-11H,4,12H2,1-3H3,(H,25,29). The summed E-state index contributed by atoms with van der Waals surface area (Å²) in [5.41, 5.74) is -0.0191. The highest BCUT2D eigenvalue weighted by atomic mass is 32.2. The molecule has 11 heteroatoms. The molecule has 0 aliphatic carbocycles. The van der Waals surface area contributed by atoms with Gasteiger partial charge >= 0.3 is 6.18 Å². The van der Waals surface area contributed by atoms with Crippen LogP contribution in [0.5, 0.6) is 11.5 Å². The predicted octanol–water partition coefficient (Wildman–Crippen LogP) is 4.73. The third-order valence-corrected chi connectivity index (χ3v) is 5.42. The van der Waals surface area contributed by atoms with Gasteiger partial charge in [-0.15, -0.1) is 10.2 Å². The van der Waals surface area contributed by atoms with Crippen LogP contribution in [0.1, 0.15) is 12.5 Å². The second kappa shape index (κ2) is 9.94. The van der Waals surface area contributed by atoms with Crippen molar-refractivity contribution in [3.8, 4) is 22.9 Å². The largest absolute Gasteiger partial charge is 0.497 e. The minimum absolute atomic E-state index is 0.0458. The number of nitrogens with one attached hydrogen (secondary N) is 1. The topological polar surface area (TPSA) is 78.3 Å². The number of hydrogen-bond acceptors (Lipinski definition) is 6. The molecule has 0 fully saturated rings. The molecule has 7 nitrogen and oxygen atoms in total. The molecule has 3 rings (SSSR count). The lowest BCUT2D eigenvalue weighted by molar-refractivity contribution is -0.137. The molecule has 1 aromatic heterocycles. The second-order valence-corrected chi connectivity index (χ2v) is 7.51. The molecule has 0 aliphatic heterocycles. The van der Waals surface area contributed by atoms with Gasteiger partial charge in [0.05, 0.1) is 25.5 Å². The normalized spacial score (nSPS) is 11.3. The number of thioether (sulfide) groups is 1. The van der Waals surface area contributed by atoms with Gasteiger partial charge in [0, 0.05) is 23.9 Å². The predicted molar refractivity (Wildman–Crippen MR) is 115 cm³/mol. The number of methoxy groups -OCH3 is 2. The number of hydrogen-bond donors (Lipinski definition) is 1. The number of alkyl halides is 3. The smallest absolute Gasteiger partial charge is 0.416 e. The van der Waals surface area contributed by atoms with Crippen molar-refractivity contribution in [1.82, 2.24) is 14.8 Å². The Labute approximate surface area is 186 Å². The summed E-state index contributed by atoms with van der Waals surface area (Å²) in [6.07, 6.45) is -4.48. The number of carbonyl (C=O) groups is 1. The minimum Gasteiger partial charge on any atom is -0.497 e. The first-order chi connectivity index (χ1) is 15.2. The lowest BCUT2D eigenvalue weighted by atomic mass is 10.2. The van der Waals surface area contributed by atoms with Crippen LogP contribution in [-0.2, 0) is 17.5 Å². The molecule has 1 N–H and O–H groups in total. The van der Waals surface area contributed by atoms with Gasteiger partial charge in [0.25, 0.3) is 0 Å². The Hall–Kier alpha value is -3.21. The van der Waals surface area contributed by atoms with Gasteiger partial charge in [-0.3, -0.25) is 4.79 Å². The van der Waals surface area contributed by atoms with Crippen LogP contribution in [-0.4, -0.2) is 40.6 Å². The van der Waals surface area contributed by atoms with Crippen molar-refractivity contribution < 1.29 is 27.4 Å². The molecule has 2 aromatic carbocycles. The Morgan fingerprint density at radius 2 is 1.78 bits per heavy atom. The maximum Gasteiger partial charge on any atom is 0.416 e. The molecule has 170 valence electrons. The zero-order chi connectivity index (χ0) is 23.3. The fourth-order valence-corrected chi connectivity index (χ4v) is 3.73. The average molecular weight is 466 g/mol. The molecule has 0 radical (unpaired) electrons. The lowest BCUT2D eigenvalue weighted by Gasteiger charge is -2.11. The molecule has 0 unspecified atom stereocenters. The number of amides is 1. The van der Waals surface area contributed by atoms with Crippen LogP contribution in [0.2, 0.25) is 0 Å². The van der Waals surface area contributed by atoms with Crippen LogP contribution in [0.3, 0.4) is 0 Å². The van der Waals surface area contributed by atoms with Crippen molar-refractivity contribution in [2.75, 3.05) is 25.3 Å². The highest BCUT2D eigenvalue weighted by Crippen LogP contribution is 2.32. The average Bonchev–Trinajstić information content (AvgIpc) is 3.20. The molecule has 0 saturated carbocycles. The monoisotopic (exact) mass is 466 g/mol.